The van der Waals surface area contributed by atoms with E-state index in [0.717, 1.165) is 12.1 Å². The average Bonchev–Trinajstić information content (AvgIpc) is 2.93. The summed E-state index contributed by atoms with van der Waals surface area (Å²) < 4.78 is 13.5. The number of halogens is 1. The molecule has 1 saturated heterocycles. The van der Waals surface area contributed by atoms with E-state index in [1.807, 2.05) is 20.8 Å². The van der Waals surface area contributed by atoms with Crippen molar-refractivity contribution < 1.29 is 23.7 Å². The van der Waals surface area contributed by atoms with Crippen molar-refractivity contribution in [2.24, 2.45) is 5.92 Å². The lowest BCUT2D eigenvalue weighted by molar-refractivity contribution is -0.387. The summed E-state index contributed by atoms with van der Waals surface area (Å²) in [5.41, 5.74) is -1.03. The highest BCUT2D eigenvalue weighted by molar-refractivity contribution is 6.01. The maximum Gasteiger partial charge on any atom is 0.306 e. The fraction of sp³-hybridized carbons (Fsp3) is 0.471. The molecule has 1 fully saturated rings. The van der Waals surface area contributed by atoms with Gasteiger partial charge in [-0.3, -0.25) is 24.5 Å². The van der Waals surface area contributed by atoms with Gasteiger partial charge in [0.2, 0.25) is 23.5 Å². The van der Waals surface area contributed by atoms with E-state index in [1.54, 1.807) is 0 Å². The summed E-state index contributed by atoms with van der Waals surface area (Å²) in [6.07, 6.45) is -0.0993. The molecule has 1 aromatic carbocycles. The number of hydrogen-bond acceptors (Lipinski definition) is 5. The van der Waals surface area contributed by atoms with Gasteiger partial charge in [0.25, 0.3) is 0 Å². The highest BCUT2D eigenvalue weighted by Gasteiger charge is 2.36. The topological polar surface area (TPSA) is 122 Å². The van der Waals surface area contributed by atoms with Gasteiger partial charge in [-0.1, -0.05) is 0 Å². The second kappa shape index (κ2) is 7.68. The molecule has 146 valence electrons. The first-order chi connectivity index (χ1) is 12.5. The fourth-order valence-corrected chi connectivity index (χ4v) is 2.72. The minimum Gasteiger partial charge on any atom is -0.350 e. The molecule has 1 unspecified atom stereocenters. The molecular weight excluding hydrogens is 359 g/mol. The Balaban J connectivity index is 2.01. The first kappa shape index (κ1) is 20.3. The number of carbonyl (C=O) groups excluding carboxylic acids is 3. The van der Waals surface area contributed by atoms with Gasteiger partial charge in [-0.25, -0.2) is 0 Å². The second-order valence-electron chi connectivity index (χ2n) is 7.31. The van der Waals surface area contributed by atoms with Crippen LogP contribution in [-0.2, 0) is 14.4 Å². The zero-order valence-electron chi connectivity index (χ0n) is 15.2. The zero-order chi connectivity index (χ0) is 20.4. The fourth-order valence-electron chi connectivity index (χ4n) is 2.72. The third-order valence-corrected chi connectivity index (χ3v) is 3.87. The standard InChI is InChI=1S/C17H21FN4O5/c1-17(2,3)20-14(23)8-19-16(25)10-6-15(24)21(9-10)11-4-5-12(18)13(7-11)22(26)27/h4-5,7,10H,6,8-9H2,1-3H3,(H,19,25)(H,20,23). The lowest BCUT2D eigenvalue weighted by atomic mass is 10.1. The Morgan fingerprint density at radius 1 is 1.37 bits per heavy atom. The predicted molar refractivity (Wildman–Crippen MR) is 94.4 cm³/mol. The van der Waals surface area contributed by atoms with E-state index in [2.05, 4.69) is 10.6 Å². The quantitative estimate of drug-likeness (QED) is 0.585. The minimum absolute atomic E-state index is 0.00561. The first-order valence-corrected chi connectivity index (χ1v) is 8.31. The van der Waals surface area contributed by atoms with Gasteiger partial charge < -0.3 is 15.5 Å². The Kier molecular flexibility index (Phi) is 5.77. The Bertz CT molecular complexity index is 790. The zero-order valence-corrected chi connectivity index (χ0v) is 15.2. The van der Waals surface area contributed by atoms with Crippen LogP contribution in [0.25, 0.3) is 0 Å². The van der Waals surface area contributed by atoms with Crippen molar-refractivity contribution in [1.29, 1.82) is 0 Å². The molecule has 1 aromatic rings. The normalized spacial score (nSPS) is 17.0. The van der Waals surface area contributed by atoms with E-state index in [9.17, 15) is 28.9 Å². The SMILES string of the molecule is CC(C)(C)NC(=O)CNC(=O)C1CC(=O)N(c2ccc(F)c([N+](=O)[O-])c2)C1. The van der Waals surface area contributed by atoms with Crippen LogP contribution in [-0.4, -0.2) is 41.3 Å². The Morgan fingerprint density at radius 3 is 2.63 bits per heavy atom. The summed E-state index contributed by atoms with van der Waals surface area (Å²) in [5.74, 6) is -2.94. The molecule has 1 aliphatic heterocycles. The lowest BCUT2D eigenvalue weighted by Crippen LogP contribution is -2.46. The summed E-state index contributed by atoms with van der Waals surface area (Å²) in [7, 11) is 0. The van der Waals surface area contributed by atoms with Crippen LogP contribution < -0.4 is 15.5 Å². The maximum atomic E-state index is 13.5. The van der Waals surface area contributed by atoms with Gasteiger partial charge in [0.15, 0.2) is 0 Å². The molecule has 3 amide bonds. The van der Waals surface area contributed by atoms with Gasteiger partial charge in [-0.05, 0) is 32.9 Å². The van der Waals surface area contributed by atoms with Crippen LogP contribution in [0.4, 0.5) is 15.8 Å². The molecule has 0 aromatic heterocycles. The van der Waals surface area contributed by atoms with Crippen molar-refractivity contribution in [3.05, 3.63) is 34.1 Å². The average molecular weight is 380 g/mol. The molecular formula is C17H21FN4O5. The monoisotopic (exact) mass is 380 g/mol. The van der Waals surface area contributed by atoms with Crippen molar-refractivity contribution in [2.75, 3.05) is 18.0 Å². The molecule has 10 heteroatoms. The Morgan fingerprint density at radius 2 is 2.04 bits per heavy atom. The third-order valence-electron chi connectivity index (χ3n) is 3.87. The van der Waals surface area contributed by atoms with Gasteiger partial charge >= 0.3 is 5.69 Å². The Hall–Kier alpha value is -3.04. The molecule has 0 bridgehead atoms. The Labute approximate surface area is 155 Å². The first-order valence-electron chi connectivity index (χ1n) is 8.31. The number of amides is 3. The van der Waals surface area contributed by atoms with E-state index in [-0.39, 0.29) is 31.1 Å². The number of hydrogen-bond donors (Lipinski definition) is 2. The number of benzene rings is 1. The van der Waals surface area contributed by atoms with Crippen molar-refractivity contribution in [2.45, 2.75) is 32.7 Å². The third kappa shape index (κ3) is 5.22. The number of rotatable bonds is 5. The molecule has 1 aliphatic rings. The van der Waals surface area contributed by atoms with Crippen LogP contribution in [0.15, 0.2) is 18.2 Å². The smallest absolute Gasteiger partial charge is 0.306 e. The highest BCUT2D eigenvalue weighted by atomic mass is 19.1. The van der Waals surface area contributed by atoms with Crippen LogP contribution in [0.5, 0.6) is 0 Å². The molecule has 0 spiro atoms. The van der Waals surface area contributed by atoms with E-state index in [4.69, 9.17) is 0 Å². The molecule has 1 atom stereocenters. The predicted octanol–water partition coefficient (Wildman–Crippen LogP) is 1.12. The van der Waals surface area contributed by atoms with Crippen molar-refractivity contribution in [3.63, 3.8) is 0 Å². The van der Waals surface area contributed by atoms with Gasteiger partial charge in [-0.15, -0.1) is 0 Å². The maximum absolute atomic E-state index is 13.5. The largest absolute Gasteiger partial charge is 0.350 e. The molecule has 2 N–H and O–H groups in total. The second-order valence-corrected chi connectivity index (χ2v) is 7.31. The summed E-state index contributed by atoms with van der Waals surface area (Å²) in [4.78, 5) is 47.3. The summed E-state index contributed by atoms with van der Waals surface area (Å²) in [5, 5.41) is 16.0. The van der Waals surface area contributed by atoms with Crippen LogP contribution in [0.1, 0.15) is 27.2 Å². The van der Waals surface area contributed by atoms with Crippen LogP contribution >= 0.6 is 0 Å². The lowest BCUT2D eigenvalue weighted by Gasteiger charge is -2.21. The molecule has 2 rings (SSSR count). The van der Waals surface area contributed by atoms with E-state index in [0.29, 0.717) is 0 Å². The van der Waals surface area contributed by atoms with Crippen molar-refractivity contribution in [1.82, 2.24) is 10.6 Å². The highest BCUT2D eigenvalue weighted by Crippen LogP contribution is 2.29. The van der Waals surface area contributed by atoms with Crippen LogP contribution in [0, 0.1) is 21.8 Å². The van der Waals surface area contributed by atoms with E-state index in [1.165, 1.54) is 11.0 Å². The number of anilines is 1. The number of nitro benzene ring substituents is 1. The van der Waals surface area contributed by atoms with E-state index >= 15 is 0 Å². The van der Waals surface area contributed by atoms with Gasteiger partial charge in [-0.2, -0.15) is 4.39 Å². The molecule has 27 heavy (non-hydrogen) atoms. The van der Waals surface area contributed by atoms with Crippen LogP contribution in [0.2, 0.25) is 0 Å². The van der Waals surface area contributed by atoms with Gasteiger partial charge in [0.05, 0.1) is 23.1 Å². The molecule has 0 aliphatic carbocycles. The number of nitrogens with one attached hydrogen (secondary N) is 2. The van der Waals surface area contributed by atoms with Crippen LogP contribution in [0.3, 0.4) is 0 Å². The minimum atomic E-state index is -1.01. The molecule has 9 nitrogen and oxygen atoms in total. The molecule has 0 radical (unpaired) electrons. The summed E-state index contributed by atoms with van der Waals surface area (Å²) >= 11 is 0. The van der Waals surface area contributed by atoms with Gasteiger partial charge in [0.1, 0.15) is 0 Å². The van der Waals surface area contributed by atoms with Crippen molar-refractivity contribution in [3.8, 4) is 0 Å². The number of carbonyl (C=O) groups is 3. The summed E-state index contributed by atoms with van der Waals surface area (Å²) in [6, 6.07) is 3.12. The van der Waals surface area contributed by atoms with E-state index < -0.39 is 39.7 Å². The van der Waals surface area contributed by atoms with Crippen molar-refractivity contribution >= 4 is 29.1 Å². The molecule has 0 saturated carbocycles. The molecule has 1 heterocycles. The van der Waals surface area contributed by atoms with Gasteiger partial charge in [0, 0.05) is 24.6 Å². The summed E-state index contributed by atoms with van der Waals surface area (Å²) in [6.45, 7) is 5.20. The number of nitro groups is 1. The number of nitrogens with zero attached hydrogens (tertiary/aromatic N) is 2.